The zero-order valence-corrected chi connectivity index (χ0v) is 13.1. The normalized spacial score (nSPS) is 12.8. The first-order chi connectivity index (χ1) is 7.58. The number of hydrogen-bond acceptors (Lipinski definition) is 2. The van der Waals surface area contributed by atoms with Crippen molar-refractivity contribution in [2.24, 2.45) is 0 Å². The lowest BCUT2D eigenvalue weighted by atomic mass is 10.1. The molecule has 0 spiro atoms. The van der Waals surface area contributed by atoms with Crippen molar-refractivity contribution in [2.45, 2.75) is 13.0 Å². The highest BCUT2D eigenvalue weighted by Gasteiger charge is 2.15. The zero-order chi connectivity index (χ0) is 11.7. The lowest BCUT2D eigenvalue weighted by Gasteiger charge is -2.11. The van der Waals surface area contributed by atoms with E-state index in [2.05, 4.69) is 38.5 Å². The summed E-state index contributed by atoms with van der Waals surface area (Å²) in [7, 11) is 0. The maximum atomic E-state index is 10.3. The number of halogens is 2. The number of aryl methyl sites for hydroxylation is 1. The second-order valence-electron chi connectivity index (χ2n) is 3.52. The molecule has 0 aliphatic carbocycles. The Kier molecular flexibility index (Phi) is 4.05. The second-order valence-corrected chi connectivity index (χ2v) is 6.94. The van der Waals surface area contributed by atoms with E-state index in [-0.39, 0.29) is 0 Å². The van der Waals surface area contributed by atoms with Crippen LogP contribution in [0.25, 0.3) is 0 Å². The van der Waals surface area contributed by atoms with Crippen molar-refractivity contribution < 1.29 is 5.11 Å². The van der Waals surface area contributed by atoms with Crippen LogP contribution in [-0.4, -0.2) is 5.11 Å². The first-order valence-electron chi connectivity index (χ1n) is 4.77. The third-order valence-corrected chi connectivity index (χ3v) is 4.73. The topological polar surface area (TPSA) is 20.2 Å². The predicted octanol–water partition coefficient (Wildman–Crippen LogP) is 4.51. The maximum Gasteiger partial charge on any atom is 0.114 e. The molecule has 1 atom stereocenters. The Bertz CT molecular complexity index is 509. The molecule has 0 saturated heterocycles. The van der Waals surface area contributed by atoms with E-state index < -0.39 is 6.10 Å². The molecule has 0 fully saturated rings. The minimum atomic E-state index is -0.539. The Morgan fingerprint density at radius 3 is 2.69 bits per heavy atom. The van der Waals surface area contributed by atoms with E-state index in [0.29, 0.717) is 0 Å². The fraction of sp³-hybridized carbons (Fsp3) is 0.167. The molecule has 1 heterocycles. The molecule has 0 bridgehead atoms. The van der Waals surface area contributed by atoms with E-state index in [1.165, 1.54) is 4.88 Å². The molecule has 84 valence electrons. The molecule has 1 aromatic carbocycles. The molecule has 4 heteroatoms. The summed E-state index contributed by atoms with van der Waals surface area (Å²) < 4.78 is 2.08. The third kappa shape index (κ3) is 2.67. The SMILES string of the molecule is Cc1ccc(C(O)c2cc(I)ccc2Br)s1. The first-order valence-corrected chi connectivity index (χ1v) is 7.46. The number of thiophene rings is 1. The molecule has 1 N–H and O–H groups in total. The molecule has 1 nitrogen and oxygen atoms in total. The van der Waals surface area contributed by atoms with E-state index in [0.717, 1.165) is 18.5 Å². The average Bonchev–Trinajstić information content (AvgIpc) is 2.67. The molecule has 0 radical (unpaired) electrons. The number of rotatable bonds is 2. The van der Waals surface area contributed by atoms with E-state index in [9.17, 15) is 5.11 Å². The largest absolute Gasteiger partial charge is 0.383 e. The molecule has 2 aromatic rings. The van der Waals surface area contributed by atoms with Crippen LogP contribution in [0.5, 0.6) is 0 Å². The fourth-order valence-corrected chi connectivity index (χ4v) is 3.34. The number of aliphatic hydroxyl groups excluding tert-OH is 1. The Morgan fingerprint density at radius 1 is 1.31 bits per heavy atom. The Balaban J connectivity index is 2.40. The highest BCUT2D eigenvalue weighted by molar-refractivity contribution is 14.1. The van der Waals surface area contributed by atoms with Gasteiger partial charge in [-0.25, -0.2) is 0 Å². The van der Waals surface area contributed by atoms with E-state index in [4.69, 9.17) is 0 Å². The summed E-state index contributed by atoms with van der Waals surface area (Å²) in [6.45, 7) is 2.05. The van der Waals surface area contributed by atoms with Crippen LogP contribution in [-0.2, 0) is 0 Å². The quantitative estimate of drug-likeness (QED) is 0.725. The second kappa shape index (κ2) is 5.16. The van der Waals surface area contributed by atoms with Gasteiger partial charge < -0.3 is 5.11 Å². The van der Waals surface area contributed by atoms with Gasteiger partial charge >= 0.3 is 0 Å². The van der Waals surface area contributed by atoms with Crippen molar-refractivity contribution in [1.29, 1.82) is 0 Å². The van der Waals surface area contributed by atoms with Crippen LogP contribution in [0.4, 0.5) is 0 Å². The van der Waals surface area contributed by atoms with Crippen LogP contribution < -0.4 is 0 Å². The van der Waals surface area contributed by atoms with Gasteiger partial charge in [0.2, 0.25) is 0 Å². The molecule has 0 aliphatic rings. The first kappa shape index (κ1) is 12.5. The van der Waals surface area contributed by atoms with Gasteiger partial charge in [0.15, 0.2) is 0 Å². The number of benzene rings is 1. The van der Waals surface area contributed by atoms with Crippen LogP contribution in [0, 0.1) is 10.5 Å². The summed E-state index contributed by atoms with van der Waals surface area (Å²) in [6.07, 6.45) is -0.539. The van der Waals surface area contributed by atoms with Crippen molar-refractivity contribution in [1.82, 2.24) is 0 Å². The Morgan fingerprint density at radius 2 is 2.06 bits per heavy atom. The lowest BCUT2D eigenvalue weighted by Crippen LogP contribution is -1.98. The molecule has 16 heavy (non-hydrogen) atoms. The molecule has 1 unspecified atom stereocenters. The minimum Gasteiger partial charge on any atom is -0.383 e. The molecular formula is C12H10BrIOS. The van der Waals surface area contributed by atoms with Crippen molar-refractivity contribution >= 4 is 49.9 Å². The lowest BCUT2D eigenvalue weighted by molar-refractivity contribution is 0.223. The van der Waals surface area contributed by atoms with E-state index in [1.807, 2.05) is 37.3 Å². The summed E-state index contributed by atoms with van der Waals surface area (Å²) >= 11 is 7.36. The summed E-state index contributed by atoms with van der Waals surface area (Å²) in [5, 5.41) is 10.3. The van der Waals surface area contributed by atoms with Gasteiger partial charge in [-0.3, -0.25) is 0 Å². The van der Waals surface area contributed by atoms with Gasteiger partial charge in [-0.05, 0) is 59.8 Å². The van der Waals surface area contributed by atoms with Gasteiger partial charge in [0.1, 0.15) is 6.10 Å². The van der Waals surface area contributed by atoms with Crippen LogP contribution in [0.2, 0.25) is 0 Å². The zero-order valence-electron chi connectivity index (χ0n) is 8.58. The van der Waals surface area contributed by atoms with Crippen molar-refractivity contribution in [3.8, 4) is 0 Å². The molecule has 0 aliphatic heterocycles. The predicted molar refractivity (Wildman–Crippen MR) is 80.0 cm³/mol. The van der Waals surface area contributed by atoms with E-state index >= 15 is 0 Å². The van der Waals surface area contributed by atoms with Gasteiger partial charge in [0, 0.05) is 23.4 Å². The average molecular weight is 409 g/mol. The highest BCUT2D eigenvalue weighted by Crippen LogP contribution is 2.33. The van der Waals surface area contributed by atoms with Crippen LogP contribution >= 0.6 is 49.9 Å². The molecule has 0 amide bonds. The van der Waals surface area contributed by atoms with Gasteiger partial charge in [-0.2, -0.15) is 0 Å². The summed E-state index contributed by atoms with van der Waals surface area (Å²) in [6, 6.07) is 10.0. The van der Waals surface area contributed by atoms with Gasteiger partial charge in [0.25, 0.3) is 0 Å². The van der Waals surface area contributed by atoms with Crippen molar-refractivity contribution in [2.75, 3.05) is 0 Å². The summed E-state index contributed by atoms with van der Waals surface area (Å²) in [5.74, 6) is 0. The number of aliphatic hydroxyl groups is 1. The maximum absolute atomic E-state index is 10.3. The van der Waals surface area contributed by atoms with Crippen molar-refractivity contribution in [3.63, 3.8) is 0 Å². The molecule has 0 saturated carbocycles. The summed E-state index contributed by atoms with van der Waals surface area (Å²) in [5.41, 5.74) is 0.925. The van der Waals surface area contributed by atoms with Crippen LogP contribution in [0.3, 0.4) is 0 Å². The fourth-order valence-electron chi connectivity index (χ4n) is 1.48. The number of hydrogen-bond donors (Lipinski definition) is 1. The molecular weight excluding hydrogens is 399 g/mol. The third-order valence-electron chi connectivity index (χ3n) is 2.28. The monoisotopic (exact) mass is 408 g/mol. The van der Waals surface area contributed by atoms with Gasteiger partial charge in [-0.1, -0.05) is 15.9 Å². The Labute approximate surface area is 121 Å². The minimum absolute atomic E-state index is 0.539. The standard InChI is InChI=1S/C12H10BrIOS/c1-7-2-5-11(16-7)12(15)9-6-8(14)3-4-10(9)13/h2-6,12,15H,1H3. The molecule has 2 rings (SSSR count). The van der Waals surface area contributed by atoms with Crippen molar-refractivity contribution in [3.05, 3.63) is 53.7 Å². The van der Waals surface area contributed by atoms with Gasteiger partial charge in [0.05, 0.1) is 0 Å². The van der Waals surface area contributed by atoms with Crippen LogP contribution in [0.1, 0.15) is 21.4 Å². The highest BCUT2D eigenvalue weighted by atomic mass is 127. The Hall–Kier alpha value is 0.0900. The van der Waals surface area contributed by atoms with Gasteiger partial charge in [-0.15, -0.1) is 11.3 Å². The summed E-state index contributed by atoms with van der Waals surface area (Å²) in [4.78, 5) is 2.20. The molecule has 1 aromatic heterocycles. The van der Waals surface area contributed by atoms with Crippen LogP contribution in [0.15, 0.2) is 34.8 Å². The van der Waals surface area contributed by atoms with E-state index in [1.54, 1.807) is 11.3 Å². The smallest absolute Gasteiger partial charge is 0.114 e.